The molecule has 0 aliphatic carbocycles. The van der Waals surface area contributed by atoms with E-state index in [0.717, 1.165) is 12.1 Å². The van der Waals surface area contributed by atoms with E-state index in [1.807, 2.05) is 0 Å². The summed E-state index contributed by atoms with van der Waals surface area (Å²) in [6.07, 6.45) is 0. The van der Waals surface area contributed by atoms with Gasteiger partial charge in [0, 0.05) is 11.8 Å². The van der Waals surface area contributed by atoms with Crippen LogP contribution in [0.4, 0.5) is 14.5 Å². The van der Waals surface area contributed by atoms with Crippen molar-refractivity contribution < 1.29 is 17.6 Å². The van der Waals surface area contributed by atoms with E-state index < -0.39 is 22.6 Å². The van der Waals surface area contributed by atoms with Gasteiger partial charge in [-0.15, -0.1) is 0 Å². The molecule has 0 amide bonds. The average Bonchev–Trinajstić information content (AvgIpc) is 2.91. The minimum Gasteiger partial charge on any atom is -0.301 e. The van der Waals surface area contributed by atoms with Gasteiger partial charge in [0.1, 0.15) is 5.52 Å². The Morgan fingerprint density at radius 2 is 1.95 bits per heavy atom. The highest BCUT2D eigenvalue weighted by Crippen LogP contribution is 2.20. The summed E-state index contributed by atoms with van der Waals surface area (Å²) in [5.41, 5.74) is 1.000. The third-order valence-corrected chi connectivity index (χ3v) is 3.73. The third kappa shape index (κ3) is 2.25. The number of nitrogens with zero attached hydrogens (tertiary/aromatic N) is 2. The number of benzene rings is 2. The van der Waals surface area contributed by atoms with Crippen molar-refractivity contribution >= 4 is 27.7 Å². The number of aromatic nitrogens is 2. The van der Waals surface area contributed by atoms with Crippen molar-refractivity contribution in [3.63, 3.8) is 0 Å². The van der Waals surface area contributed by atoms with Gasteiger partial charge in [-0.25, -0.2) is 17.6 Å². The summed E-state index contributed by atoms with van der Waals surface area (Å²) in [5, 5.41) is 7.30. The molecule has 1 aromatic heterocycles. The Kier molecular flexibility index (Phi) is 3.15. The number of rotatable bonds is 3. The molecule has 0 saturated heterocycles. The van der Waals surface area contributed by atoms with Crippen LogP contribution in [0, 0.1) is 11.6 Å². The predicted octanol–water partition coefficient (Wildman–Crippen LogP) is 2.64. The minimum absolute atomic E-state index is 0.190. The molecule has 0 aliphatic rings. The summed E-state index contributed by atoms with van der Waals surface area (Å²) >= 11 is 0. The van der Waals surface area contributed by atoms with E-state index >= 15 is 0 Å². The van der Waals surface area contributed by atoms with E-state index in [2.05, 4.69) is 19.7 Å². The maximum Gasteiger partial charge on any atom is 0.160 e. The van der Waals surface area contributed by atoms with Crippen LogP contribution in [0.2, 0.25) is 0 Å². The lowest BCUT2D eigenvalue weighted by atomic mass is 10.3. The van der Waals surface area contributed by atoms with Crippen LogP contribution < -0.4 is 4.72 Å². The first-order chi connectivity index (χ1) is 9.65. The maximum absolute atomic E-state index is 13.1. The highest BCUT2D eigenvalue weighted by Gasteiger charge is 2.13. The van der Waals surface area contributed by atoms with Crippen molar-refractivity contribution in [2.75, 3.05) is 4.72 Å². The second-order valence-electron chi connectivity index (χ2n) is 3.89. The van der Waals surface area contributed by atoms with E-state index in [4.69, 9.17) is 0 Å². The van der Waals surface area contributed by atoms with Crippen LogP contribution in [-0.2, 0) is 11.0 Å². The van der Waals surface area contributed by atoms with Crippen molar-refractivity contribution in [2.24, 2.45) is 0 Å². The van der Waals surface area contributed by atoms with Crippen LogP contribution in [0.1, 0.15) is 0 Å². The molecule has 0 radical (unpaired) electrons. The molecule has 8 heteroatoms. The molecule has 0 spiro atoms. The van der Waals surface area contributed by atoms with Crippen molar-refractivity contribution in [3.8, 4) is 0 Å². The highest BCUT2D eigenvalue weighted by atomic mass is 32.2. The summed E-state index contributed by atoms with van der Waals surface area (Å²) in [7, 11) is -1.70. The van der Waals surface area contributed by atoms with Gasteiger partial charge in [-0.1, -0.05) is 6.07 Å². The number of hydrogen-bond donors (Lipinski definition) is 1. The predicted molar refractivity (Wildman–Crippen MR) is 68.2 cm³/mol. The summed E-state index contributed by atoms with van der Waals surface area (Å²) in [6.45, 7) is 0. The summed E-state index contributed by atoms with van der Waals surface area (Å²) in [5.74, 6) is -1.99. The number of hydrogen-bond acceptors (Lipinski definition) is 4. The number of anilines is 1. The maximum atomic E-state index is 13.1. The number of nitrogens with one attached hydrogen (secondary N) is 1. The Bertz CT molecular complexity index is 806. The fourth-order valence-corrected chi connectivity index (χ4v) is 2.62. The molecule has 102 valence electrons. The van der Waals surface area contributed by atoms with E-state index in [1.165, 1.54) is 6.07 Å². The zero-order valence-corrected chi connectivity index (χ0v) is 10.7. The van der Waals surface area contributed by atoms with Gasteiger partial charge in [0.2, 0.25) is 0 Å². The molecule has 1 N–H and O–H groups in total. The second-order valence-corrected chi connectivity index (χ2v) is 5.07. The lowest BCUT2D eigenvalue weighted by Gasteiger charge is -2.06. The molecule has 3 rings (SSSR count). The van der Waals surface area contributed by atoms with Gasteiger partial charge < -0.3 is 4.72 Å². The molecule has 20 heavy (non-hydrogen) atoms. The van der Waals surface area contributed by atoms with E-state index in [1.54, 1.807) is 18.2 Å². The standard InChI is InChI=1S/C12H7F2N3O2S/c13-8-5-4-7(6-9(8)14)17-20(18)11-3-1-2-10-12(11)16-19-15-10/h1-6,17H. The first-order valence-corrected chi connectivity index (χ1v) is 6.65. The Morgan fingerprint density at radius 1 is 1.10 bits per heavy atom. The molecule has 1 heterocycles. The summed E-state index contributed by atoms with van der Waals surface area (Å²) in [4.78, 5) is 0.341. The van der Waals surface area contributed by atoms with Crippen LogP contribution in [0.5, 0.6) is 0 Å². The zero-order valence-electron chi connectivity index (χ0n) is 9.84. The zero-order chi connectivity index (χ0) is 14.1. The average molecular weight is 295 g/mol. The van der Waals surface area contributed by atoms with Crippen molar-refractivity contribution in [2.45, 2.75) is 4.90 Å². The Hall–Kier alpha value is -2.35. The van der Waals surface area contributed by atoms with Gasteiger partial charge in [-0.2, -0.15) is 0 Å². The summed E-state index contributed by atoms with van der Waals surface area (Å²) < 4.78 is 45.2. The molecule has 0 bridgehead atoms. The Labute approximate surface area is 114 Å². The number of fused-ring (bicyclic) bond motifs is 1. The third-order valence-electron chi connectivity index (χ3n) is 2.58. The highest BCUT2D eigenvalue weighted by molar-refractivity contribution is 7.86. The number of halogens is 2. The molecular formula is C12H7F2N3O2S. The van der Waals surface area contributed by atoms with Gasteiger partial charge >= 0.3 is 0 Å². The van der Waals surface area contributed by atoms with Crippen LogP contribution in [0.3, 0.4) is 0 Å². The van der Waals surface area contributed by atoms with Gasteiger partial charge in [-0.3, -0.25) is 0 Å². The molecule has 1 atom stereocenters. The topological polar surface area (TPSA) is 68.0 Å². The largest absolute Gasteiger partial charge is 0.301 e. The molecule has 5 nitrogen and oxygen atoms in total. The normalized spacial score (nSPS) is 12.5. The van der Waals surface area contributed by atoms with Gasteiger partial charge in [0.15, 0.2) is 28.1 Å². The molecular weight excluding hydrogens is 288 g/mol. The lowest BCUT2D eigenvalue weighted by Crippen LogP contribution is -2.06. The lowest BCUT2D eigenvalue weighted by molar-refractivity contribution is 0.315. The Balaban J connectivity index is 1.93. The molecule has 0 fully saturated rings. The molecule has 2 aromatic carbocycles. The van der Waals surface area contributed by atoms with E-state index in [9.17, 15) is 13.0 Å². The van der Waals surface area contributed by atoms with E-state index in [-0.39, 0.29) is 5.69 Å². The minimum atomic E-state index is -1.70. The van der Waals surface area contributed by atoms with Crippen molar-refractivity contribution in [1.29, 1.82) is 0 Å². The Morgan fingerprint density at radius 3 is 2.75 bits per heavy atom. The molecule has 3 aromatic rings. The molecule has 1 unspecified atom stereocenters. The fraction of sp³-hybridized carbons (Fsp3) is 0. The summed E-state index contributed by atoms with van der Waals surface area (Å²) in [6, 6.07) is 8.05. The molecule has 0 saturated carbocycles. The quantitative estimate of drug-likeness (QED) is 0.806. The molecule has 0 aliphatic heterocycles. The van der Waals surface area contributed by atoms with Gasteiger partial charge in [0.25, 0.3) is 0 Å². The SMILES string of the molecule is O=S(Nc1ccc(F)c(F)c1)c1cccc2nonc12. The van der Waals surface area contributed by atoms with E-state index in [0.29, 0.717) is 15.9 Å². The fourth-order valence-electron chi connectivity index (χ4n) is 1.65. The monoisotopic (exact) mass is 295 g/mol. The van der Waals surface area contributed by atoms with Crippen LogP contribution >= 0.6 is 0 Å². The smallest absolute Gasteiger partial charge is 0.160 e. The van der Waals surface area contributed by atoms with Crippen LogP contribution in [0.25, 0.3) is 11.0 Å². The van der Waals surface area contributed by atoms with Crippen LogP contribution in [0.15, 0.2) is 45.9 Å². The second kappa shape index (κ2) is 4.97. The van der Waals surface area contributed by atoms with Gasteiger partial charge in [-0.05, 0) is 34.6 Å². The van der Waals surface area contributed by atoms with Crippen LogP contribution in [-0.4, -0.2) is 14.5 Å². The first kappa shape index (κ1) is 12.7. The van der Waals surface area contributed by atoms with Crippen molar-refractivity contribution in [1.82, 2.24) is 10.3 Å². The van der Waals surface area contributed by atoms with Gasteiger partial charge in [0.05, 0.1) is 4.90 Å². The van der Waals surface area contributed by atoms with Crippen molar-refractivity contribution in [3.05, 3.63) is 48.0 Å². The first-order valence-electron chi connectivity index (χ1n) is 5.50.